The second-order valence-corrected chi connectivity index (χ2v) is 10.8. The van der Waals surface area contributed by atoms with Crippen LogP contribution in [0.4, 0.5) is 0 Å². The van der Waals surface area contributed by atoms with E-state index in [9.17, 15) is 19.5 Å². The molecule has 1 aliphatic rings. The molecule has 3 aromatic rings. The average Bonchev–Trinajstić information content (AvgIpc) is 3.20. The van der Waals surface area contributed by atoms with Gasteiger partial charge < -0.3 is 19.5 Å². The third-order valence-corrected chi connectivity index (χ3v) is 7.01. The Labute approximate surface area is 215 Å². The Balaban J connectivity index is 1.55. The van der Waals surface area contributed by atoms with E-state index in [0.29, 0.717) is 24.6 Å². The van der Waals surface area contributed by atoms with E-state index in [0.717, 1.165) is 55.1 Å². The van der Waals surface area contributed by atoms with E-state index < -0.39 is 17.4 Å². The zero-order chi connectivity index (χ0) is 26.7. The van der Waals surface area contributed by atoms with Crippen LogP contribution in [0.3, 0.4) is 0 Å². The molecule has 0 aliphatic carbocycles. The predicted molar refractivity (Wildman–Crippen MR) is 140 cm³/mol. The van der Waals surface area contributed by atoms with Crippen molar-refractivity contribution < 1.29 is 24.5 Å². The summed E-state index contributed by atoms with van der Waals surface area (Å²) < 4.78 is 9.95. The molecule has 0 saturated carbocycles. The van der Waals surface area contributed by atoms with Gasteiger partial charge in [0.2, 0.25) is 0 Å². The highest BCUT2D eigenvalue weighted by Crippen LogP contribution is 2.43. The fraction of sp³-hybridized carbons (Fsp3) is 0.500. The molecule has 198 valence electrons. The normalized spacial score (nSPS) is 14.8. The number of carboxylic acids is 2. The zero-order valence-corrected chi connectivity index (χ0v) is 21.7. The van der Waals surface area contributed by atoms with Crippen LogP contribution < -0.4 is 10.2 Å². The van der Waals surface area contributed by atoms with Gasteiger partial charge >= 0.3 is 11.9 Å². The molecule has 9 heteroatoms. The van der Waals surface area contributed by atoms with Gasteiger partial charge in [-0.1, -0.05) is 58.6 Å². The topological polar surface area (TPSA) is 124 Å². The molecule has 0 unspecified atom stereocenters. The van der Waals surface area contributed by atoms with Crippen molar-refractivity contribution in [1.82, 2.24) is 14.3 Å². The maximum atomic E-state index is 12.7. The van der Waals surface area contributed by atoms with E-state index in [-0.39, 0.29) is 23.4 Å². The van der Waals surface area contributed by atoms with Crippen LogP contribution in [-0.2, 0) is 11.3 Å². The number of carboxylic acid groups (broad SMARTS) is 2. The lowest BCUT2D eigenvalue weighted by atomic mass is 9.85. The maximum absolute atomic E-state index is 12.7. The zero-order valence-electron chi connectivity index (χ0n) is 21.7. The van der Waals surface area contributed by atoms with Crippen LogP contribution in [0.5, 0.6) is 5.75 Å². The summed E-state index contributed by atoms with van der Waals surface area (Å²) in [5.41, 5.74) is 1.20. The summed E-state index contributed by atoms with van der Waals surface area (Å²) >= 11 is 0. The van der Waals surface area contributed by atoms with Gasteiger partial charge in [0.25, 0.3) is 0 Å². The largest absolute Gasteiger partial charge is 0.491 e. The van der Waals surface area contributed by atoms with Crippen LogP contribution in [-0.4, -0.2) is 43.1 Å². The highest BCUT2D eigenvalue weighted by Gasteiger charge is 2.35. The van der Waals surface area contributed by atoms with E-state index >= 15 is 0 Å². The molecule has 0 radical (unpaired) electrons. The summed E-state index contributed by atoms with van der Waals surface area (Å²) in [6.07, 6.45) is 7.34. The molecular formula is C28H35N3O6. The molecule has 9 nitrogen and oxygen atoms in total. The Bertz CT molecular complexity index is 1360. The van der Waals surface area contributed by atoms with Gasteiger partial charge in [0, 0.05) is 24.1 Å². The smallest absolute Gasteiger partial charge is 0.341 e. The van der Waals surface area contributed by atoms with E-state index in [1.54, 1.807) is 0 Å². The Morgan fingerprint density at radius 3 is 2.46 bits per heavy atom. The SMILES string of the molecule is CC(C)(C)[C@@H]1Cn2nc3c(OCCCCCCCCC(=O)O)cccc3c2-c2cc(=O)c(C(=O)O)cn21. The van der Waals surface area contributed by atoms with E-state index in [1.165, 1.54) is 12.3 Å². The quantitative estimate of drug-likeness (QED) is 0.334. The van der Waals surface area contributed by atoms with Crippen molar-refractivity contribution in [2.45, 2.75) is 78.3 Å². The van der Waals surface area contributed by atoms with Crippen molar-refractivity contribution in [3.63, 3.8) is 0 Å². The standard InChI is InChI=1S/C28H35N3O6/c1-28(2,3)23-17-31-26(20-15-21(32)19(27(35)36)16-30(20)23)18-11-10-12-22(25(18)29-31)37-14-9-7-5-4-6-8-13-24(33)34/h10-12,15-16,23H,4-9,13-14,17H2,1-3H3,(H,33,34)(H,35,36)/t23-/m0/s1. The number of aromatic nitrogens is 3. The van der Waals surface area contributed by atoms with Gasteiger partial charge in [-0.3, -0.25) is 14.3 Å². The second-order valence-electron chi connectivity index (χ2n) is 10.8. The number of pyridine rings is 1. The number of unbranched alkanes of at least 4 members (excludes halogenated alkanes) is 5. The van der Waals surface area contributed by atoms with Crippen molar-refractivity contribution in [2.24, 2.45) is 5.41 Å². The minimum absolute atomic E-state index is 0.0946. The summed E-state index contributed by atoms with van der Waals surface area (Å²) in [7, 11) is 0. The number of aromatic carboxylic acids is 1. The minimum atomic E-state index is -1.23. The van der Waals surface area contributed by atoms with Gasteiger partial charge in [0.1, 0.15) is 16.8 Å². The fourth-order valence-corrected chi connectivity index (χ4v) is 5.01. The maximum Gasteiger partial charge on any atom is 0.341 e. The van der Waals surface area contributed by atoms with Gasteiger partial charge in [-0.05, 0) is 24.3 Å². The first kappa shape index (κ1) is 26.4. The van der Waals surface area contributed by atoms with Crippen molar-refractivity contribution in [3.05, 3.63) is 46.2 Å². The van der Waals surface area contributed by atoms with Crippen molar-refractivity contribution in [2.75, 3.05) is 6.61 Å². The number of aliphatic carboxylic acids is 1. The lowest BCUT2D eigenvalue weighted by molar-refractivity contribution is -0.137. The lowest BCUT2D eigenvalue weighted by Gasteiger charge is -2.38. The molecule has 0 bridgehead atoms. The lowest BCUT2D eigenvalue weighted by Crippen LogP contribution is -2.35. The number of hydrogen-bond acceptors (Lipinski definition) is 5. The van der Waals surface area contributed by atoms with Crippen LogP contribution in [0.25, 0.3) is 22.3 Å². The number of ether oxygens (including phenoxy) is 1. The first-order valence-corrected chi connectivity index (χ1v) is 12.9. The molecule has 1 aromatic carbocycles. The van der Waals surface area contributed by atoms with E-state index in [4.69, 9.17) is 14.9 Å². The number of nitrogens with zero attached hydrogens (tertiary/aromatic N) is 3. The Morgan fingerprint density at radius 2 is 1.78 bits per heavy atom. The number of hydrogen-bond donors (Lipinski definition) is 2. The van der Waals surface area contributed by atoms with Crippen LogP contribution in [0.15, 0.2) is 35.3 Å². The van der Waals surface area contributed by atoms with Crippen molar-refractivity contribution >= 4 is 22.8 Å². The fourth-order valence-electron chi connectivity index (χ4n) is 5.01. The molecule has 0 fully saturated rings. The molecule has 0 amide bonds. The second kappa shape index (κ2) is 10.8. The number of fused-ring (bicyclic) bond motifs is 5. The molecule has 1 atom stereocenters. The Morgan fingerprint density at radius 1 is 1.08 bits per heavy atom. The first-order valence-electron chi connectivity index (χ1n) is 12.9. The van der Waals surface area contributed by atoms with Gasteiger partial charge in [0.05, 0.1) is 30.6 Å². The summed E-state index contributed by atoms with van der Waals surface area (Å²) in [5.74, 6) is -1.28. The number of benzene rings is 1. The van der Waals surface area contributed by atoms with Gasteiger partial charge in [-0.25, -0.2) is 4.79 Å². The monoisotopic (exact) mass is 509 g/mol. The average molecular weight is 510 g/mol. The summed E-state index contributed by atoms with van der Waals surface area (Å²) in [6, 6.07) is 7.08. The molecule has 2 N–H and O–H groups in total. The molecular weight excluding hydrogens is 474 g/mol. The van der Waals surface area contributed by atoms with Crippen molar-refractivity contribution in [1.29, 1.82) is 0 Å². The van der Waals surface area contributed by atoms with Gasteiger partial charge in [-0.2, -0.15) is 5.10 Å². The Kier molecular flexibility index (Phi) is 7.71. The highest BCUT2D eigenvalue weighted by molar-refractivity contribution is 5.96. The third-order valence-electron chi connectivity index (χ3n) is 7.01. The van der Waals surface area contributed by atoms with E-state index in [1.807, 2.05) is 27.4 Å². The number of carbonyl (C=O) groups is 2. The Hall–Kier alpha value is -3.62. The molecule has 0 saturated heterocycles. The van der Waals surface area contributed by atoms with E-state index in [2.05, 4.69) is 20.8 Å². The van der Waals surface area contributed by atoms with Gasteiger partial charge in [0.15, 0.2) is 5.43 Å². The first-order chi connectivity index (χ1) is 17.6. The molecule has 3 heterocycles. The van der Waals surface area contributed by atoms with Crippen LogP contribution in [0.1, 0.15) is 82.1 Å². The van der Waals surface area contributed by atoms with Gasteiger partial charge in [-0.15, -0.1) is 0 Å². The summed E-state index contributed by atoms with van der Waals surface area (Å²) in [5, 5.41) is 24.0. The molecule has 4 rings (SSSR count). The minimum Gasteiger partial charge on any atom is -0.491 e. The highest BCUT2D eigenvalue weighted by atomic mass is 16.5. The summed E-state index contributed by atoms with van der Waals surface area (Å²) in [4.78, 5) is 34.9. The number of rotatable bonds is 11. The van der Waals surface area contributed by atoms with Crippen molar-refractivity contribution in [3.8, 4) is 17.1 Å². The molecule has 0 spiro atoms. The van der Waals surface area contributed by atoms with Crippen LogP contribution in [0, 0.1) is 5.41 Å². The van der Waals surface area contributed by atoms with Crippen LogP contribution in [0.2, 0.25) is 0 Å². The van der Waals surface area contributed by atoms with Crippen LogP contribution >= 0.6 is 0 Å². The third kappa shape index (κ3) is 5.70. The predicted octanol–water partition coefficient (Wildman–Crippen LogP) is 5.36. The molecule has 2 aromatic heterocycles. The molecule has 37 heavy (non-hydrogen) atoms. The summed E-state index contributed by atoms with van der Waals surface area (Å²) in [6.45, 7) is 7.38. The molecule has 1 aliphatic heterocycles.